The lowest BCUT2D eigenvalue weighted by atomic mass is 10.0. The second-order valence-electron chi connectivity index (χ2n) is 7.13. The molecule has 144 valence electrons. The molecule has 1 saturated heterocycles. The number of hydrogen-bond donors (Lipinski definition) is 1. The molecule has 1 aliphatic heterocycles. The van der Waals surface area contributed by atoms with E-state index in [-0.39, 0.29) is 37.0 Å². The summed E-state index contributed by atoms with van der Waals surface area (Å²) in [6, 6.07) is 7.84. The molecule has 0 saturated carbocycles. The third-order valence-electron chi connectivity index (χ3n) is 4.56. The van der Waals surface area contributed by atoms with Gasteiger partial charge in [-0.15, -0.1) is 0 Å². The van der Waals surface area contributed by atoms with E-state index in [1.165, 1.54) is 6.92 Å². The SMILES string of the molecule is CC(=O)N[C@@H](CC(=O)OC[C@@H]1CN(C(C)C)CCO1)c1ccc(C)cc1. The van der Waals surface area contributed by atoms with Gasteiger partial charge in [-0.2, -0.15) is 0 Å². The Labute approximate surface area is 155 Å². The number of ether oxygens (including phenoxy) is 2. The maximum absolute atomic E-state index is 12.3. The summed E-state index contributed by atoms with van der Waals surface area (Å²) < 4.78 is 11.1. The van der Waals surface area contributed by atoms with Gasteiger partial charge >= 0.3 is 5.97 Å². The Kier molecular flexibility index (Phi) is 7.60. The fourth-order valence-electron chi connectivity index (χ4n) is 3.02. The summed E-state index contributed by atoms with van der Waals surface area (Å²) in [5.41, 5.74) is 2.02. The molecule has 1 aliphatic rings. The van der Waals surface area contributed by atoms with Crippen LogP contribution in [0.2, 0.25) is 0 Å². The molecule has 0 bridgehead atoms. The smallest absolute Gasteiger partial charge is 0.308 e. The summed E-state index contributed by atoms with van der Waals surface area (Å²) in [7, 11) is 0. The van der Waals surface area contributed by atoms with E-state index in [4.69, 9.17) is 9.47 Å². The number of rotatable bonds is 7. The molecule has 1 aromatic carbocycles. The molecule has 0 spiro atoms. The number of benzene rings is 1. The van der Waals surface area contributed by atoms with Crippen molar-refractivity contribution in [2.75, 3.05) is 26.3 Å². The Hall–Kier alpha value is -1.92. The summed E-state index contributed by atoms with van der Waals surface area (Å²) in [5.74, 6) is -0.513. The monoisotopic (exact) mass is 362 g/mol. The van der Waals surface area contributed by atoms with E-state index in [1.807, 2.05) is 31.2 Å². The highest BCUT2D eigenvalue weighted by atomic mass is 16.6. The first-order valence-corrected chi connectivity index (χ1v) is 9.20. The molecule has 1 N–H and O–H groups in total. The lowest BCUT2D eigenvalue weighted by molar-refractivity contribution is -0.151. The third-order valence-corrected chi connectivity index (χ3v) is 4.56. The van der Waals surface area contributed by atoms with Gasteiger partial charge in [0.2, 0.25) is 5.91 Å². The maximum Gasteiger partial charge on any atom is 0.308 e. The van der Waals surface area contributed by atoms with Gasteiger partial charge in [0, 0.05) is 26.1 Å². The molecule has 1 heterocycles. The van der Waals surface area contributed by atoms with Crippen LogP contribution < -0.4 is 5.32 Å². The Morgan fingerprint density at radius 3 is 2.62 bits per heavy atom. The van der Waals surface area contributed by atoms with Crippen molar-refractivity contribution in [1.29, 1.82) is 0 Å². The lowest BCUT2D eigenvalue weighted by Gasteiger charge is -2.35. The first-order valence-electron chi connectivity index (χ1n) is 9.20. The molecule has 0 aliphatic carbocycles. The number of esters is 1. The van der Waals surface area contributed by atoms with Crippen LogP contribution in [0, 0.1) is 6.92 Å². The summed E-state index contributed by atoms with van der Waals surface area (Å²) in [4.78, 5) is 26.1. The van der Waals surface area contributed by atoms with Gasteiger partial charge in [-0.05, 0) is 26.3 Å². The predicted octanol–water partition coefficient (Wildman–Crippen LogP) is 2.21. The van der Waals surface area contributed by atoms with Gasteiger partial charge in [-0.25, -0.2) is 0 Å². The van der Waals surface area contributed by atoms with E-state index in [2.05, 4.69) is 24.1 Å². The number of nitrogens with one attached hydrogen (secondary N) is 1. The van der Waals surface area contributed by atoms with Crippen LogP contribution in [-0.2, 0) is 19.1 Å². The van der Waals surface area contributed by atoms with Crippen molar-refractivity contribution < 1.29 is 19.1 Å². The van der Waals surface area contributed by atoms with Crippen LogP contribution in [0.4, 0.5) is 0 Å². The van der Waals surface area contributed by atoms with Gasteiger partial charge in [0.05, 0.1) is 19.1 Å². The van der Waals surface area contributed by atoms with E-state index >= 15 is 0 Å². The van der Waals surface area contributed by atoms with Crippen LogP contribution in [0.5, 0.6) is 0 Å². The number of nitrogens with zero attached hydrogens (tertiary/aromatic N) is 1. The molecule has 2 rings (SSSR count). The first-order chi connectivity index (χ1) is 12.3. The van der Waals surface area contributed by atoms with E-state index in [0.717, 1.165) is 24.2 Å². The van der Waals surface area contributed by atoms with E-state index in [1.54, 1.807) is 0 Å². The van der Waals surface area contributed by atoms with Crippen molar-refractivity contribution in [1.82, 2.24) is 10.2 Å². The van der Waals surface area contributed by atoms with Crippen LogP contribution in [0.1, 0.15) is 44.4 Å². The van der Waals surface area contributed by atoms with Crippen LogP contribution in [0.15, 0.2) is 24.3 Å². The number of aryl methyl sites for hydroxylation is 1. The van der Waals surface area contributed by atoms with Crippen molar-refractivity contribution in [2.24, 2.45) is 0 Å². The summed E-state index contributed by atoms with van der Waals surface area (Å²) >= 11 is 0. The fraction of sp³-hybridized carbons (Fsp3) is 0.600. The molecular formula is C20H30N2O4. The van der Waals surface area contributed by atoms with Gasteiger partial charge < -0.3 is 14.8 Å². The first kappa shape index (κ1) is 20.4. The van der Waals surface area contributed by atoms with Crippen LogP contribution >= 0.6 is 0 Å². The molecule has 0 aromatic heterocycles. The number of amides is 1. The second-order valence-corrected chi connectivity index (χ2v) is 7.13. The third kappa shape index (κ3) is 6.42. The molecule has 26 heavy (non-hydrogen) atoms. The number of hydrogen-bond acceptors (Lipinski definition) is 5. The molecule has 0 radical (unpaired) electrons. The highest BCUT2D eigenvalue weighted by molar-refractivity contribution is 5.76. The second kappa shape index (κ2) is 9.69. The minimum Gasteiger partial charge on any atom is -0.463 e. The summed E-state index contributed by atoms with van der Waals surface area (Å²) in [6.45, 7) is 10.3. The molecule has 2 atom stereocenters. The van der Waals surface area contributed by atoms with Crippen LogP contribution in [-0.4, -0.2) is 55.2 Å². The van der Waals surface area contributed by atoms with Gasteiger partial charge in [0.1, 0.15) is 12.7 Å². The number of carbonyl (C=O) groups excluding carboxylic acids is 2. The fourth-order valence-corrected chi connectivity index (χ4v) is 3.02. The average Bonchev–Trinajstić information content (AvgIpc) is 2.60. The van der Waals surface area contributed by atoms with E-state index < -0.39 is 0 Å². The standard InChI is InChI=1S/C20H30N2O4/c1-14(2)22-9-10-25-18(12-22)13-26-20(24)11-19(21-16(4)23)17-7-5-15(3)6-8-17/h5-8,14,18-19H,9-13H2,1-4H3,(H,21,23)/t18-,19-/m0/s1. The largest absolute Gasteiger partial charge is 0.463 e. The minimum absolute atomic E-state index is 0.100. The quantitative estimate of drug-likeness (QED) is 0.753. The minimum atomic E-state index is -0.389. The molecule has 1 amide bonds. The molecule has 1 fully saturated rings. The Morgan fingerprint density at radius 1 is 1.31 bits per heavy atom. The topological polar surface area (TPSA) is 67.9 Å². The number of carbonyl (C=O) groups is 2. The molecule has 0 unspecified atom stereocenters. The Morgan fingerprint density at radius 2 is 2.00 bits per heavy atom. The van der Waals surface area contributed by atoms with Crippen LogP contribution in [0.25, 0.3) is 0 Å². The van der Waals surface area contributed by atoms with Crippen molar-refractivity contribution in [3.8, 4) is 0 Å². The molecular weight excluding hydrogens is 332 g/mol. The Balaban J connectivity index is 1.88. The average molecular weight is 362 g/mol. The van der Waals surface area contributed by atoms with E-state index in [0.29, 0.717) is 12.6 Å². The predicted molar refractivity (Wildman–Crippen MR) is 99.8 cm³/mol. The molecule has 6 nitrogen and oxygen atoms in total. The lowest BCUT2D eigenvalue weighted by Crippen LogP contribution is -2.47. The highest BCUT2D eigenvalue weighted by Crippen LogP contribution is 2.19. The Bertz CT molecular complexity index is 600. The normalized spacial score (nSPS) is 19.2. The molecule has 6 heteroatoms. The number of morpholine rings is 1. The van der Waals surface area contributed by atoms with Gasteiger partial charge in [-0.3, -0.25) is 14.5 Å². The van der Waals surface area contributed by atoms with E-state index in [9.17, 15) is 9.59 Å². The van der Waals surface area contributed by atoms with Crippen LogP contribution in [0.3, 0.4) is 0 Å². The van der Waals surface area contributed by atoms with Crippen molar-refractivity contribution in [2.45, 2.75) is 52.3 Å². The van der Waals surface area contributed by atoms with Gasteiger partial charge in [-0.1, -0.05) is 29.8 Å². The maximum atomic E-state index is 12.3. The van der Waals surface area contributed by atoms with Gasteiger partial charge in [0.25, 0.3) is 0 Å². The highest BCUT2D eigenvalue weighted by Gasteiger charge is 2.24. The summed E-state index contributed by atoms with van der Waals surface area (Å²) in [6.07, 6.45) is -0.00261. The van der Waals surface area contributed by atoms with Crippen molar-refractivity contribution in [3.05, 3.63) is 35.4 Å². The molecule has 1 aromatic rings. The summed E-state index contributed by atoms with van der Waals surface area (Å²) in [5, 5.41) is 2.83. The zero-order valence-electron chi connectivity index (χ0n) is 16.2. The zero-order chi connectivity index (χ0) is 19.1. The van der Waals surface area contributed by atoms with Crippen molar-refractivity contribution in [3.63, 3.8) is 0 Å². The zero-order valence-corrected chi connectivity index (χ0v) is 16.2. The van der Waals surface area contributed by atoms with Gasteiger partial charge in [0.15, 0.2) is 0 Å². The van der Waals surface area contributed by atoms with Crippen molar-refractivity contribution >= 4 is 11.9 Å².